The van der Waals surface area contributed by atoms with Gasteiger partial charge in [-0.1, -0.05) is 22.0 Å². The molecule has 3 nitrogen and oxygen atoms in total. The molecule has 1 saturated heterocycles. The molecule has 0 unspecified atom stereocenters. The van der Waals surface area contributed by atoms with Gasteiger partial charge in [0.2, 0.25) is 5.89 Å². The fraction of sp³-hybridized carbons (Fsp3) is 0.250. The maximum absolute atomic E-state index is 5.50. The van der Waals surface area contributed by atoms with Crippen LogP contribution in [0, 0.1) is 0 Å². The molecule has 1 N–H and O–H groups in total. The lowest BCUT2D eigenvalue weighted by Crippen LogP contribution is -2.40. The van der Waals surface area contributed by atoms with E-state index in [4.69, 9.17) is 4.42 Å². The fourth-order valence-corrected chi connectivity index (χ4v) is 2.12. The van der Waals surface area contributed by atoms with E-state index >= 15 is 0 Å². The minimum absolute atomic E-state index is 0.518. The van der Waals surface area contributed by atoms with E-state index in [0.717, 1.165) is 28.8 Å². The van der Waals surface area contributed by atoms with Crippen LogP contribution in [0.25, 0.3) is 11.5 Å². The lowest BCUT2D eigenvalue weighted by Gasteiger charge is -2.24. The molecule has 1 fully saturated rings. The highest BCUT2D eigenvalue weighted by Crippen LogP contribution is 2.26. The summed E-state index contributed by atoms with van der Waals surface area (Å²) in [7, 11) is 0. The van der Waals surface area contributed by atoms with Crippen molar-refractivity contribution in [3.05, 3.63) is 40.7 Å². The molecule has 0 aliphatic carbocycles. The number of halogens is 1. The van der Waals surface area contributed by atoms with Crippen LogP contribution in [0.3, 0.4) is 0 Å². The van der Waals surface area contributed by atoms with Gasteiger partial charge in [-0.05, 0) is 18.2 Å². The van der Waals surface area contributed by atoms with E-state index in [2.05, 4.69) is 26.2 Å². The van der Waals surface area contributed by atoms with Crippen LogP contribution in [0.2, 0.25) is 0 Å². The van der Waals surface area contributed by atoms with Crippen molar-refractivity contribution >= 4 is 15.9 Å². The molecule has 0 spiro atoms. The first-order valence-electron chi connectivity index (χ1n) is 5.25. The van der Waals surface area contributed by atoms with Crippen LogP contribution < -0.4 is 5.32 Å². The Labute approximate surface area is 102 Å². The second kappa shape index (κ2) is 4.03. The third-order valence-corrected chi connectivity index (χ3v) is 3.29. The van der Waals surface area contributed by atoms with Gasteiger partial charge in [0.1, 0.15) is 6.26 Å². The molecule has 1 aliphatic heterocycles. The summed E-state index contributed by atoms with van der Waals surface area (Å²) in [5, 5.41) is 3.23. The zero-order valence-electron chi connectivity index (χ0n) is 8.61. The van der Waals surface area contributed by atoms with Gasteiger partial charge in [-0.3, -0.25) is 0 Å². The van der Waals surface area contributed by atoms with E-state index in [9.17, 15) is 0 Å². The molecule has 4 heteroatoms. The molecule has 0 amide bonds. The largest absolute Gasteiger partial charge is 0.444 e. The van der Waals surface area contributed by atoms with Crippen LogP contribution in [0.1, 0.15) is 11.6 Å². The predicted molar refractivity (Wildman–Crippen MR) is 65.2 cm³/mol. The van der Waals surface area contributed by atoms with Gasteiger partial charge in [0.15, 0.2) is 0 Å². The minimum Gasteiger partial charge on any atom is -0.444 e. The second-order valence-electron chi connectivity index (χ2n) is 3.94. The van der Waals surface area contributed by atoms with E-state index < -0.39 is 0 Å². The number of hydrogen-bond donors (Lipinski definition) is 1. The first-order valence-corrected chi connectivity index (χ1v) is 6.04. The highest BCUT2D eigenvalue weighted by molar-refractivity contribution is 9.10. The number of nitrogens with one attached hydrogen (secondary N) is 1. The second-order valence-corrected chi connectivity index (χ2v) is 4.86. The Balaban J connectivity index is 1.91. The van der Waals surface area contributed by atoms with Crippen molar-refractivity contribution in [2.45, 2.75) is 5.92 Å². The molecule has 3 rings (SSSR count). The molecular weight excluding hydrogens is 268 g/mol. The first kappa shape index (κ1) is 10.1. The Morgan fingerprint density at radius 1 is 1.38 bits per heavy atom. The maximum Gasteiger partial charge on any atom is 0.226 e. The summed E-state index contributed by atoms with van der Waals surface area (Å²) < 4.78 is 6.54. The summed E-state index contributed by atoms with van der Waals surface area (Å²) in [6.07, 6.45) is 1.77. The van der Waals surface area contributed by atoms with Crippen molar-refractivity contribution in [3.8, 4) is 11.5 Å². The third kappa shape index (κ3) is 1.79. The van der Waals surface area contributed by atoms with Crippen LogP contribution in [-0.2, 0) is 0 Å². The zero-order valence-corrected chi connectivity index (χ0v) is 10.2. The van der Waals surface area contributed by atoms with Crippen LogP contribution >= 0.6 is 15.9 Å². The van der Waals surface area contributed by atoms with E-state index in [1.807, 2.05) is 24.3 Å². The topological polar surface area (TPSA) is 38.1 Å². The summed E-state index contributed by atoms with van der Waals surface area (Å²) in [5.74, 6) is 1.22. The SMILES string of the molecule is Brc1cccc(-c2nc(C3CNC3)co2)c1. The average molecular weight is 279 g/mol. The Hall–Kier alpha value is -1.13. The number of benzene rings is 1. The van der Waals surface area contributed by atoms with Crippen molar-refractivity contribution in [1.82, 2.24) is 10.3 Å². The number of nitrogens with zero attached hydrogens (tertiary/aromatic N) is 1. The van der Waals surface area contributed by atoms with Gasteiger partial charge in [-0.25, -0.2) is 4.98 Å². The standard InChI is InChI=1S/C12H11BrN2O/c13-10-3-1-2-8(4-10)12-15-11(7-16-12)9-5-14-6-9/h1-4,7,9,14H,5-6H2. The molecule has 0 atom stereocenters. The smallest absolute Gasteiger partial charge is 0.226 e. The van der Waals surface area contributed by atoms with Crippen LogP contribution in [0.4, 0.5) is 0 Å². The third-order valence-electron chi connectivity index (χ3n) is 2.79. The van der Waals surface area contributed by atoms with Gasteiger partial charge in [-0.15, -0.1) is 0 Å². The molecule has 0 saturated carbocycles. The number of rotatable bonds is 2. The minimum atomic E-state index is 0.518. The van der Waals surface area contributed by atoms with Gasteiger partial charge >= 0.3 is 0 Å². The summed E-state index contributed by atoms with van der Waals surface area (Å²) in [6.45, 7) is 2.01. The fourth-order valence-electron chi connectivity index (χ4n) is 1.73. The normalized spacial score (nSPS) is 16.1. The molecule has 2 aromatic rings. The highest BCUT2D eigenvalue weighted by Gasteiger charge is 2.22. The van der Waals surface area contributed by atoms with Crippen LogP contribution in [-0.4, -0.2) is 18.1 Å². The number of hydrogen-bond acceptors (Lipinski definition) is 3. The van der Waals surface area contributed by atoms with E-state index in [1.54, 1.807) is 6.26 Å². The zero-order chi connectivity index (χ0) is 11.0. The van der Waals surface area contributed by atoms with E-state index in [-0.39, 0.29) is 0 Å². The molecule has 2 heterocycles. The Morgan fingerprint density at radius 3 is 2.94 bits per heavy atom. The Bertz CT molecular complexity index is 505. The Morgan fingerprint density at radius 2 is 2.25 bits per heavy atom. The summed E-state index contributed by atoms with van der Waals surface area (Å²) in [4.78, 5) is 4.52. The van der Waals surface area contributed by atoms with Crippen molar-refractivity contribution in [3.63, 3.8) is 0 Å². The summed E-state index contributed by atoms with van der Waals surface area (Å²) in [6, 6.07) is 7.98. The van der Waals surface area contributed by atoms with Crippen molar-refractivity contribution < 1.29 is 4.42 Å². The van der Waals surface area contributed by atoms with Gasteiger partial charge < -0.3 is 9.73 Å². The molecule has 0 bridgehead atoms. The molecule has 1 aromatic heterocycles. The number of oxazole rings is 1. The predicted octanol–water partition coefficient (Wildman–Crippen LogP) is 2.79. The molecule has 82 valence electrons. The van der Waals surface area contributed by atoms with Gasteiger partial charge in [-0.2, -0.15) is 0 Å². The van der Waals surface area contributed by atoms with Gasteiger partial charge in [0.25, 0.3) is 0 Å². The maximum atomic E-state index is 5.50. The van der Waals surface area contributed by atoms with Crippen molar-refractivity contribution in [1.29, 1.82) is 0 Å². The lowest BCUT2D eigenvalue weighted by atomic mass is 10.0. The molecule has 1 aromatic carbocycles. The lowest BCUT2D eigenvalue weighted by molar-refractivity contribution is 0.438. The summed E-state index contributed by atoms with van der Waals surface area (Å²) >= 11 is 3.44. The molecule has 16 heavy (non-hydrogen) atoms. The van der Waals surface area contributed by atoms with Crippen molar-refractivity contribution in [2.75, 3.05) is 13.1 Å². The van der Waals surface area contributed by atoms with Gasteiger partial charge in [0.05, 0.1) is 5.69 Å². The van der Waals surface area contributed by atoms with E-state index in [1.165, 1.54) is 0 Å². The first-order chi connectivity index (χ1) is 7.83. The van der Waals surface area contributed by atoms with Crippen LogP contribution in [0.5, 0.6) is 0 Å². The monoisotopic (exact) mass is 278 g/mol. The highest BCUT2D eigenvalue weighted by atomic mass is 79.9. The summed E-state index contributed by atoms with van der Waals surface area (Å²) in [5.41, 5.74) is 2.06. The Kier molecular flexibility index (Phi) is 2.53. The average Bonchev–Trinajstić information content (AvgIpc) is 2.64. The molecule has 0 radical (unpaired) electrons. The van der Waals surface area contributed by atoms with Crippen LogP contribution in [0.15, 0.2) is 39.4 Å². The van der Waals surface area contributed by atoms with Gasteiger partial charge in [0, 0.05) is 29.0 Å². The van der Waals surface area contributed by atoms with E-state index in [0.29, 0.717) is 11.8 Å². The number of aromatic nitrogens is 1. The quantitative estimate of drug-likeness (QED) is 0.918. The molecular formula is C12H11BrN2O. The van der Waals surface area contributed by atoms with Crippen molar-refractivity contribution in [2.24, 2.45) is 0 Å². The molecule has 1 aliphatic rings.